The summed E-state index contributed by atoms with van der Waals surface area (Å²) in [6.45, 7) is 9.71. The summed E-state index contributed by atoms with van der Waals surface area (Å²) in [6.07, 6.45) is 3.87. The van der Waals surface area contributed by atoms with Gasteiger partial charge in [0, 0.05) is 36.4 Å². The summed E-state index contributed by atoms with van der Waals surface area (Å²) in [5, 5.41) is 4.60. The summed E-state index contributed by atoms with van der Waals surface area (Å²) in [4.78, 5) is 2.78. The third kappa shape index (κ3) is 3.98. The molecule has 1 N–H and O–H groups in total. The molecule has 160 valence electrons. The van der Waals surface area contributed by atoms with Crippen LogP contribution in [0.25, 0.3) is 10.9 Å². The quantitative estimate of drug-likeness (QED) is 0.610. The molecule has 1 aliphatic heterocycles. The van der Waals surface area contributed by atoms with Crippen molar-refractivity contribution in [3.05, 3.63) is 60.3 Å². The molecule has 6 heteroatoms. The fourth-order valence-corrected chi connectivity index (χ4v) is 5.58. The highest BCUT2D eigenvalue weighted by atomic mass is 32.2. The first kappa shape index (κ1) is 20.9. The summed E-state index contributed by atoms with van der Waals surface area (Å²) < 4.78 is 28.0. The molecule has 0 bridgehead atoms. The SMILES string of the molecule is CCN1CCC(Nc2cccc3c2ccn3S(=O)(=O)c2ccc(C(C)C)cc2)CC1. The summed E-state index contributed by atoms with van der Waals surface area (Å²) in [7, 11) is -3.64. The second kappa shape index (κ2) is 8.44. The Morgan fingerprint density at radius 1 is 1.03 bits per heavy atom. The van der Waals surface area contributed by atoms with Gasteiger partial charge in [0.05, 0.1) is 10.4 Å². The fourth-order valence-electron chi connectivity index (χ4n) is 4.23. The number of hydrogen-bond acceptors (Lipinski definition) is 4. The standard InChI is InChI=1S/C24H31N3O2S/c1-4-26-15-12-20(13-16-26)25-23-6-5-7-24-22(23)14-17-27(24)30(28,29)21-10-8-19(9-11-21)18(2)3/h5-11,14,17-18,20,25H,4,12-13,15-16H2,1-3H3. The average Bonchev–Trinajstić information content (AvgIpc) is 3.20. The second-order valence-electron chi connectivity index (χ2n) is 8.43. The van der Waals surface area contributed by atoms with Crippen molar-refractivity contribution in [2.75, 3.05) is 25.0 Å². The van der Waals surface area contributed by atoms with Crippen LogP contribution in [0.2, 0.25) is 0 Å². The molecule has 0 amide bonds. The van der Waals surface area contributed by atoms with Crippen LogP contribution in [0.15, 0.2) is 59.6 Å². The Labute approximate surface area is 179 Å². The van der Waals surface area contributed by atoms with Crippen molar-refractivity contribution in [1.29, 1.82) is 0 Å². The lowest BCUT2D eigenvalue weighted by atomic mass is 10.0. The molecule has 3 aromatic rings. The van der Waals surface area contributed by atoms with Crippen molar-refractivity contribution in [3.63, 3.8) is 0 Å². The van der Waals surface area contributed by atoms with Gasteiger partial charge in [0.1, 0.15) is 0 Å². The van der Waals surface area contributed by atoms with E-state index in [2.05, 4.69) is 31.0 Å². The molecule has 1 aliphatic rings. The molecule has 1 aromatic heterocycles. The van der Waals surface area contributed by atoms with Crippen LogP contribution in [0.1, 0.15) is 45.1 Å². The van der Waals surface area contributed by atoms with E-state index in [0.29, 0.717) is 22.4 Å². The number of aromatic nitrogens is 1. The van der Waals surface area contributed by atoms with Crippen molar-refractivity contribution in [2.45, 2.75) is 50.5 Å². The highest BCUT2D eigenvalue weighted by Crippen LogP contribution is 2.29. The Morgan fingerprint density at radius 2 is 1.73 bits per heavy atom. The topological polar surface area (TPSA) is 54.3 Å². The molecule has 0 atom stereocenters. The molecule has 0 saturated carbocycles. The number of nitrogens with one attached hydrogen (secondary N) is 1. The Hall–Kier alpha value is -2.31. The maximum absolute atomic E-state index is 13.3. The number of nitrogens with zero attached hydrogens (tertiary/aromatic N) is 2. The van der Waals surface area contributed by atoms with E-state index in [9.17, 15) is 8.42 Å². The number of anilines is 1. The van der Waals surface area contributed by atoms with E-state index in [0.717, 1.165) is 49.1 Å². The normalized spacial score (nSPS) is 16.4. The molecule has 0 unspecified atom stereocenters. The molecule has 30 heavy (non-hydrogen) atoms. The summed E-state index contributed by atoms with van der Waals surface area (Å²) in [5.41, 5.74) is 2.84. The molecule has 1 saturated heterocycles. The first-order valence-electron chi connectivity index (χ1n) is 10.8. The zero-order valence-electron chi connectivity index (χ0n) is 18.0. The molecule has 0 spiro atoms. The third-order valence-corrected chi connectivity index (χ3v) is 7.90. The molecule has 0 aliphatic carbocycles. The molecular weight excluding hydrogens is 394 g/mol. The Balaban J connectivity index is 1.62. The van der Waals surface area contributed by atoms with Gasteiger partial charge in [-0.2, -0.15) is 0 Å². The number of rotatable bonds is 6. The van der Waals surface area contributed by atoms with Gasteiger partial charge in [0.2, 0.25) is 0 Å². The minimum atomic E-state index is -3.64. The molecule has 2 aromatic carbocycles. The van der Waals surface area contributed by atoms with Crippen LogP contribution in [0, 0.1) is 0 Å². The van der Waals surface area contributed by atoms with Crippen LogP contribution >= 0.6 is 0 Å². The first-order valence-corrected chi connectivity index (χ1v) is 12.3. The van der Waals surface area contributed by atoms with Crippen molar-refractivity contribution >= 4 is 26.6 Å². The number of likely N-dealkylation sites (tertiary alicyclic amines) is 1. The number of piperidine rings is 1. The van der Waals surface area contributed by atoms with Crippen LogP contribution in [-0.4, -0.2) is 43.0 Å². The Morgan fingerprint density at radius 3 is 2.37 bits per heavy atom. The monoisotopic (exact) mass is 425 g/mol. The Kier molecular flexibility index (Phi) is 5.89. The highest BCUT2D eigenvalue weighted by molar-refractivity contribution is 7.90. The predicted molar refractivity (Wildman–Crippen MR) is 124 cm³/mol. The second-order valence-corrected chi connectivity index (χ2v) is 10.2. The van der Waals surface area contributed by atoms with E-state index in [-0.39, 0.29) is 0 Å². The molecule has 5 nitrogen and oxygen atoms in total. The molecular formula is C24H31N3O2S. The molecule has 2 heterocycles. The summed E-state index contributed by atoms with van der Waals surface area (Å²) in [5.74, 6) is 0.368. The lowest BCUT2D eigenvalue weighted by Gasteiger charge is -2.32. The van der Waals surface area contributed by atoms with E-state index < -0.39 is 10.0 Å². The van der Waals surface area contributed by atoms with Crippen molar-refractivity contribution < 1.29 is 8.42 Å². The van der Waals surface area contributed by atoms with Crippen LogP contribution in [0.4, 0.5) is 5.69 Å². The summed E-state index contributed by atoms with van der Waals surface area (Å²) in [6, 6.07) is 15.4. The van der Waals surface area contributed by atoms with Gasteiger partial charge in [-0.05, 0) is 61.2 Å². The van der Waals surface area contributed by atoms with Gasteiger partial charge in [-0.3, -0.25) is 0 Å². The van der Waals surface area contributed by atoms with E-state index >= 15 is 0 Å². The van der Waals surface area contributed by atoms with Gasteiger partial charge < -0.3 is 10.2 Å². The van der Waals surface area contributed by atoms with Crippen LogP contribution in [0.3, 0.4) is 0 Å². The first-order chi connectivity index (χ1) is 14.4. The number of benzene rings is 2. The van der Waals surface area contributed by atoms with Gasteiger partial charge >= 0.3 is 0 Å². The minimum absolute atomic E-state index is 0.315. The van der Waals surface area contributed by atoms with Crippen LogP contribution in [-0.2, 0) is 10.0 Å². The van der Waals surface area contributed by atoms with Gasteiger partial charge in [0.25, 0.3) is 10.0 Å². The van der Waals surface area contributed by atoms with E-state index in [4.69, 9.17) is 0 Å². The third-order valence-electron chi connectivity index (χ3n) is 6.20. The smallest absolute Gasteiger partial charge is 0.268 e. The Bertz CT molecular complexity index is 1110. The van der Waals surface area contributed by atoms with Crippen LogP contribution < -0.4 is 5.32 Å². The van der Waals surface area contributed by atoms with E-state index in [1.807, 2.05) is 36.4 Å². The molecule has 0 radical (unpaired) electrons. The van der Waals surface area contributed by atoms with Gasteiger partial charge in [-0.25, -0.2) is 12.4 Å². The maximum Gasteiger partial charge on any atom is 0.268 e. The highest BCUT2D eigenvalue weighted by Gasteiger charge is 2.22. The zero-order chi connectivity index (χ0) is 21.3. The van der Waals surface area contributed by atoms with Gasteiger partial charge in [-0.15, -0.1) is 0 Å². The predicted octanol–water partition coefficient (Wildman–Crippen LogP) is 4.90. The number of fused-ring (bicyclic) bond motifs is 1. The lowest BCUT2D eigenvalue weighted by molar-refractivity contribution is 0.229. The molecule has 4 rings (SSSR count). The van der Waals surface area contributed by atoms with Crippen molar-refractivity contribution in [3.8, 4) is 0 Å². The average molecular weight is 426 g/mol. The van der Waals surface area contributed by atoms with Crippen LogP contribution in [0.5, 0.6) is 0 Å². The van der Waals surface area contributed by atoms with E-state index in [1.165, 1.54) is 3.97 Å². The zero-order valence-corrected chi connectivity index (χ0v) is 18.8. The number of hydrogen-bond donors (Lipinski definition) is 1. The summed E-state index contributed by atoms with van der Waals surface area (Å²) >= 11 is 0. The minimum Gasteiger partial charge on any atom is -0.382 e. The lowest BCUT2D eigenvalue weighted by Crippen LogP contribution is -2.38. The van der Waals surface area contributed by atoms with Gasteiger partial charge in [0.15, 0.2) is 0 Å². The van der Waals surface area contributed by atoms with E-state index in [1.54, 1.807) is 18.3 Å². The fraction of sp³-hybridized carbons (Fsp3) is 0.417. The van der Waals surface area contributed by atoms with Crippen molar-refractivity contribution in [2.24, 2.45) is 0 Å². The van der Waals surface area contributed by atoms with Gasteiger partial charge in [-0.1, -0.05) is 39.0 Å². The van der Waals surface area contributed by atoms with Crippen molar-refractivity contribution in [1.82, 2.24) is 8.87 Å². The largest absolute Gasteiger partial charge is 0.382 e. The maximum atomic E-state index is 13.3. The molecule has 1 fully saturated rings.